The third kappa shape index (κ3) is 4.70. The van der Waals surface area contributed by atoms with Crippen LogP contribution >= 0.6 is 0 Å². The highest BCUT2D eigenvalue weighted by molar-refractivity contribution is 5.95. The van der Waals surface area contributed by atoms with Gasteiger partial charge >= 0.3 is 0 Å². The predicted molar refractivity (Wildman–Crippen MR) is 136 cm³/mol. The Bertz CT molecular complexity index is 1270. The summed E-state index contributed by atoms with van der Waals surface area (Å²) in [5.41, 5.74) is 11.8. The van der Waals surface area contributed by atoms with E-state index in [1.165, 1.54) is 0 Å². The van der Waals surface area contributed by atoms with E-state index >= 15 is 0 Å². The number of hydrogen-bond acceptors (Lipinski definition) is 7. The van der Waals surface area contributed by atoms with Crippen molar-refractivity contribution < 1.29 is 4.74 Å². The van der Waals surface area contributed by atoms with Gasteiger partial charge in [0.1, 0.15) is 5.75 Å². The number of nitrogen functional groups attached to an aromatic ring is 1. The summed E-state index contributed by atoms with van der Waals surface area (Å²) in [6.07, 6.45) is 3.85. The Labute approximate surface area is 194 Å². The van der Waals surface area contributed by atoms with Crippen molar-refractivity contribution in [3.63, 3.8) is 0 Å². The first-order valence-electron chi connectivity index (χ1n) is 10.8. The Hall–Kier alpha value is -3.78. The van der Waals surface area contributed by atoms with Crippen molar-refractivity contribution in [2.45, 2.75) is 0 Å². The fourth-order valence-electron chi connectivity index (χ4n) is 3.89. The van der Waals surface area contributed by atoms with E-state index in [4.69, 9.17) is 15.5 Å². The molecule has 0 aliphatic rings. The van der Waals surface area contributed by atoms with Crippen LogP contribution in [0.1, 0.15) is 0 Å². The van der Waals surface area contributed by atoms with Crippen molar-refractivity contribution in [2.75, 3.05) is 57.3 Å². The molecule has 8 heteroatoms. The lowest BCUT2D eigenvalue weighted by atomic mass is 10.1. The van der Waals surface area contributed by atoms with Crippen LogP contribution in [0.3, 0.4) is 0 Å². The number of anilines is 4. The lowest BCUT2D eigenvalue weighted by Crippen LogP contribution is -2.29. The maximum absolute atomic E-state index is 6.40. The van der Waals surface area contributed by atoms with E-state index in [1.807, 2.05) is 44.4 Å². The average Bonchev–Trinajstić information content (AvgIpc) is 3.14. The summed E-state index contributed by atoms with van der Waals surface area (Å²) in [4.78, 5) is 13.4. The molecule has 0 radical (unpaired) electrons. The number of benzene rings is 2. The maximum atomic E-state index is 6.40. The van der Waals surface area contributed by atoms with Crippen molar-refractivity contribution in [1.82, 2.24) is 19.4 Å². The van der Waals surface area contributed by atoms with E-state index in [1.54, 1.807) is 13.3 Å². The topological polar surface area (TPSA) is 84.5 Å². The van der Waals surface area contributed by atoms with Gasteiger partial charge < -0.3 is 30.2 Å². The van der Waals surface area contributed by atoms with Crippen LogP contribution in [0.2, 0.25) is 0 Å². The van der Waals surface area contributed by atoms with Crippen LogP contribution < -0.4 is 20.7 Å². The van der Waals surface area contributed by atoms with Gasteiger partial charge in [-0.1, -0.05) is 18.2 Å². The monoisotopic (exact) mass is 445 g/mol. The Morgan fingerprint density at radius 3 is 2.64 bits per heavy atom. The molecule has 0 spiro atoms. The summed E-state index contributed by atoms with van der Waals surface area (Å²) < 4.78 is 7.76. The minimum absolute atomic E-state index is 0.479. The first-order chi connectivity index (χ1) is 15.9. The van der Waals surface area contributed by atoms with Gasteiger partial charge in [0.15, 0.2) is 0 Å². The van der Waals surface area contributed by atoms with Crippen LogP contribution in [0.4, 0.5) is 23.0 Å². The lowest BCUT2D eigenvalue weighted by molar-refractivity contribution is 0.413. The third-order valence-corrected chi connectivity index (χ3v) is 5.72. The zero-order valence-corrected chi connectivity index (χ0v) is 19.8. The molecule has 0 saturated carbocycles. The first kappa shape index (κ1) is 22.4. The van der Waals surface area contributed by atoms with E-state index in [0.717, 1.165) is 46.6 Å². The summed E-state index contributed by atoms with van der Waals surface area (Å²) in [6, 6.07) is 14.0. The smallest absolute Gasteiger partial charge is 0.227 e. The number of hydrogen-bond donors (Lipinski definition) is 2. The Balaban J connectivity index is 1.63. The van der Waals surface area contributed by atoms with Gasteiger partial charge in [0.05, 0.1) is 29.9 Å². The Kier molecular flexibility index (Phi) is 6.37. The highest BCUT2D eigenvalue weighted by atomic mass is 16.5. The van der Waals surface area contributed by atoms with Crippen molar-refractivity contribution in [1.29, 1.82) is 0 Å². The molecule has 0 saturated heterocycles. The normalized spacial score (nSPS) is 11.2. The minimum Gasteiger partial charge on any atom is -0.494 e. The van der Waals surface area contributed by atoms with E-state index < -0.39 is 0 Å². The Morgan fingerprint density at radius 2 is 1.88 bits per heavy atom. The summed E-state index contributed by atoms with van der Waals surface area (Å²) in [6.45, 7) is 1.77. The van der Waals surface area contributed by atoms with E-state index in [0.29, 0.717) is 17.4 Å². The summed E-state index contributed by atoms with van der Waals surface area (Å²) >= 11 is 0. The number of para-hydroxylation sites is 1. The molecule has 0 aliphatic carbocycles. The number of methoxy groups -OCH3 is 1. The largest absolute Gasteiger partial charge is 0.494 e. The van der Waals surface area contributed by atoms with Gasteiger partial charge in [-0.15, -0.1) is 0 Å². The van der Waals surface area contributed by atoms with Crippen LogP contribution in [0.25, 0.3) is 22.2 Å². The maximum Gasteiger partial charge on any atom is 0.227 e. The number of nitrogens with zero attached hydrogens (tertiary/aromatic N) is 5. The molecule has 3 N–H and O–H groups in total. The molecular weight excluding hydrogens is 414 g/mol. The molecule has 0 bridgehead atoms. The van der Waals surface area contributed by atoms with Gasteiger partial charge in [-0.25, -0.2) is 9.97 Å². The molecule has 0 aliphatic heterocycles. The summed E-state index contributed by atoms with van der Waals surface area (Å²) in [7, 11) is 9.82. The van der Waals surface area contributed by atoms with Crippen LogP contribution in [0, 0.1) is 0 Å². The second kappa shape index (κ2) is 9.38. The van der Waals surface area contributed by atoms with Gasteiger partial charge in [-0.05, 0) is 32.3 Å². The molecule has 4 rings (SSSR count). The lowest BCUT2D eigenvalue weighted by Gasteiger charge is -2.24. The molecule has 33 heavy (non-hydrogen) atoms. The van der Waals surface area contributed by atoms with Gasteiger partial charge in [-0.2, -0.15) is 0 Å². The molecule has 0 amide bonds. The molecule has 4 aromatic rings. The highest BCUT2D eigenvalue weighted by Gasteiger charge is 2.15. The number of nitrogens with two attached hydrogens (primary N) is 1. The van der Waals surface area contributed by atoms with Crippen molar-refractivity contribution in [3.05, 3.63) is 54.9 Å². The minimum atomic E-state index is 0.479. The first-order valence-corrected chi connectivity index (χ1v) is 10.8. The van der Waals surface area contributed by atoms with Gasteiger partial charge in [0.25, 0.3) is 0 Å². The SMILES string of the molecule is COc1cc(N(C)CCN(C)C)c(N)cc1Nc1nccc(-c2cn(C)c3ccccc23)n1. The fraction of sp³-hybridized carbons (Fsp3) is 0.280. The van der Waals surface area contributed by atoms with E-state index in [9.17, 15) is 0 Å². The van der Waals surface area contributed by atoms with Gasteiger partial charge in [0.2, 0.25) is 5.95 Å². The summed E-state index contributed by atoms with van der Waals surface area (Å²) in [5, 5.41) is 4.43. The number of rotatable bonds is 8. The average molecular weight is 446 g/mol. The van der Waals surface area contributed by atoms with Crippen molar-refractivity contribution in [3.8, 4) is 17.0 Å². The fourth-order valence-corrected chi connectivity index (χ4v) is 3.89. The molecule has 2 heterocycles. The third-order valence-electron chi connectivity index (χ3n) is 5.72. The van der Waals surface area contributed by atoms with Crippen molar-refractivity contribution >= 4 is 33.9 Å². The van der Waals surface area contributed by atoms with E-state index in [2.05, 4.69) is 57.1 Å². The van der Waals surface area contributed by atoms with Crippen LogP contribution in [-0.2, 0) is 7.05 Å². The number of fused-ring (bicyclic) bond motifs is 1. The van der Waals surface area contributed by atoms with E-state index in [-0.39, 0.29) is 0 Å². The van der Waals surface area contributed by atoms with Crippen LogP contribution in [-0.4, -0.2) is 60.8 Å². The number of likely N-dealkylation sites (N-methyl/N-ethyl adjacent to an activating group) is 2. The van der Waals surface area contributed by atoms with Gasteiger partial charge in [-0.3, -0.25) is 0 Å². The number of nitrogens with one attached hydrogen (secondary N) is 1. The predicted octanol–water partition coefficient (Wildman–Crippen LogP) is 3.97. The Morgan fingerprint density at radius 1 is 1.09 bits per heavy atom. The zero-order valence-electron chi connectivity index (χ0n) is 19.8. The molecule has 172 valence electrons. The zero-order chi connectivity index (χ0) is 23.5. The van der Waals surface area contributed by atoms with Crippen LogP contribution in [0.5, 0.6) is 5.75 Å². The molecule has 8 nitrogen and oxygen atoms in total. The van der Waals surface area contributed by atoms with Gasteiger partial charge in [0, 0.05) is 62.1 Å². The second-order valence-corrected chi connectivity index (χ2v) is 8.40. The van der Waals surface area contributed by atoms with Crippen LogP contribution in [0.15, 0.2) is 54.9 Å². The molecule has 2 aromatic heterocycles. The molecule has 0 atom stereocenters. The standard InChI is InChI=1S/C25H31N7O/c1-30(2)12-13-31(3)23-15-24(33-5)21(14-19(23)26)29-25-27-11-10-20(28-25)18-16-32(4)22-9-7-6-8-17(18)22/h6-11,14-16H,12-13,26H2,1-5H3,(H,27,28,29). The quantitative estimate of drug-likeness (QED) is 0.397. The van der Waals surface area contributed by atoms with Crippen molar-refractivity contribution in [2.24, 2.45) is 7.05 Å². The molecule has 0 unspecified atom stereocenters. The number of ether oxygens (including phenoxy) is 1. The summed E-state index contributed by atoms with van der Waals surface area (Å²) in [5.74, 6) is 1.15. The molecular formula is C25H31N7O. The number of aromatic nitrogens is 3. The number of aryl methyl sites for hydroxylation is 1. The second-order valence-electron chi connectivity index (χ2n) is 8.40. The molecule has 2 aromatic carbocycles. The molecule has 0 fully saturated rings. The highest BCUT2D eigenvalue weighted by Crippen LogP contribution is 2.36.